The minimum atomic E-state index is 0.389. The number of aliphatic imine (C=N–C) groups is 1. The molecule has 0 unspecified atom stereocenters. The van der Waals surface area contributed by atoms with E-state index in [4.69, 9.17) is 10.2 Å². The van der Waals surface area contributed by atoms with E-state index in [0.29, 0.717) is 18.4 Å². The average Bonchev–Trinajstić information content (AvgIpc) is 3.11. The lowest BCUT2D eigenvalue weighted by molar-refractivity contribution is 0.572. The summed E-state index contributed by atoms with van der Waals surface area (Å²) in [5.41, 5.74) is 8.85. The third-order valence-corrected chi connectivity index (χ3v) is 3.55. The van der Waals surface area contributed by atoms with E-state index in [0.717, 1.165) is 24.2 Å². The minimum Gasteiger partial charge on any atom is -0.444 e. The molecule has 0 bridgehead atoms. The van der Waals surface area contributed by atoms with Crippen molar-refractivity contribution in [1.82, 2.24) is 10.3 Å². The van der Waals surface area contributed by atoms with Crippen LogP contribution in [0.15, 0.2) is 76.3 Å². The maximum Gasteiger partial charge on any atom is 0.226 e. The normalized spacial score (nSPS) is 11.4. The van der Waals surface area contributed by atoms with Gasteiger partial charge in [-0.1, -0.05) is 48.5 Å². The van der Waals surface area contributed by atoms with E-state index in [9.17, 15) is 0 Å². The first kappa shape index (κ1) is 15.8. The molecule has 1 aromatic heterocycles. The molecule has 0 aliphatic rings. The van der Waals surface area contributed by atoms with Gasteiger partial charge in [-0.2, -0.15) is 0 Å². The van der Waals surface area contributed by atoms with E-state index in [1.807, 2.05) is 48.5 Å². The van der Waals surface area contributed by atoms with Gasteiger partial charge in [0.2, 0.25) is 5.89 Å². The highest BCUT2D eigenvalue weighted by Crippen LogP contribution is 2.18. The van der Waals surface area contributed by atoms with Gasteiger partial charge < -0.3 is 15.5 Å². The molecule has 0 radical (unpaired) electrons. The Morgan fingerprint density at radius 1 is 1.04 bits per heavy atom. The van der Waals surface area contributed by atoms with Gasteiger partial charge in [0.25, 0.3) is 0 Å². The molecule has 0 amide bonds. The van der Waals surface area contributed by atoms with E-state index in [2.05, 4.69) is 27.4 Å². The van der Waals surface area contributed by atoms with Crippen molar-refractivity contribution in [3.63, 3.8) is 0 Å². The van der Waals surface area contributed by atoms with Gasteiger partial charge in [0.15, 0.2) is 5.96 Å². The predicted octanol–water partition coefficient (Wildman–Crippen LogP) is 2.99. The van der Waals surface area contributed by atoms with Crippen LogP contribution in [0, 0.1) is 0 Å². The van der Waals surface area contributed by atoms with Crippen LogP contribution in [0.1, 0.15) is 11.3 Å². The van der Waals surface area contributed by atoms with Crippen molar-refractivity contribution in [2.75, 3.05) is 6.54 Å². The summed E-state index contributed by atoms with van der Waals surface area (Å²) >= 11 is 0. The Kier molecular flexibility index (Phi) is 5.24. The number of aromatic nitrogens is 1. The molecule has 0 aliphatic heterocycles. The lowest BCUT2D eigenvalue weighted by atomic mass is 10.1. The lowest BCUT2D eigenvalue weighted by Gasteiger charge is -2.05. The van der Waals surface area contributed by atoms with Crippen molar-refractivity contribution in [3.05, 3.63) is 78.2 Å². The number of guanidine groups is 1. The first-order valence-corrected chi connectivity index (χ1v) is 7.89. The highest BCUT2D eigenvalue weighted by molar-refractivity contribution is 5.77. The maximum absolute atomic E-state index is 5.88. The van der Waals surface area contributed by atoms with Crippen LogP contribution in [0.2, 0.25) is 0 Å². The molecule has 5 heteroatoms. The van der Waals surface area contributed by atoms with Gasteiger partial charge in [-0.25, -0.2) is 9.98 Å². The topological polar surface area (TPSA) is 76.4 Å². The molecule has 24 heavy (non-hydrogen) atoms. The second kappa shape index (κ2) is 7.97. The molecular formula is C19H20N4O. The number of benzene rings is 2. The molecule has 0 atom stereocenters. The smallest absolute Gasteiger partial charge is 0.226 e. The molecule has 0 spiro atoms. The van der Waals surface area contributed by atoms with Crippen LogP contribution in [-0.2, 0) is 13.0 Å². The Balaban J connectivity index is 1.49. The third-order valence-electron chi connectivity index (χ3n) is 3.55. The standard InChI is InChI=1S/C19H20N4O/c20-19(21-12-11-15-7-3-1-4-8-15)22-13-17-14-24-18(23-17)16-9-5-2-6-10-16/h1-10,14H,11-13H2,(H3,20,21,22). The fourth-order valence-electron chi connectivity index (χ4n) is 2.29. The molecule has 5 nitrogen and oxygen atoms in total. The summed E-state index contributed by atoms with van der Waals surface area (Å²) in [5.74, 6) is 1.01. The van der Waals surface area contributed by atoms with Gasteiger partial charge in [0.05, 0.1) is 6.54 Å². The molecule has 3 N–H and O–H groups in total. The van der Waals surface area contributed by atoms with E-state index >= 15 is 0 Å². The average molecular weight is 320 g/mol. The van der Waals surface area contributed by atoms with Crippen molar-refractivity contribution in [3.8, 4) is 11.5 Å². The highest BCUT2D eigenvalue weighted by Gasteiger charge is 2.05. The Morgan fingerprint density at radius 3 is 2.50 bits per heavy atom. The zero-order valence-electron chi connectivity index (χ0n) is 13.4. The molecule has 0 saturated heterocycles. The zero-order chi connectivity index (χ0) is 16.6. The second-order valence-electron chi connectivity index (χ2n) is 5.37. The van der Waals surface area contributed by atoms with Crippen LogP contribution in [0.5, 0.6) is 0 Å². The molecule has 0 aliphatic carbocycles. The summed E-state index contributed by atoms with van der Waals surface area (Å²) < 4.78 is 5.48. The molecule has 122 valence electrons. The molecule has 3 rings (SSSR count). The number of nitrogens with one attached hydrogen (secondary N) is 1. The zero-order valence-corrected chi connectivity index (χ0v) is 13.4. The van der Waals surface area contributed by atoms with Crippen molar-refractivity contribution in [1.29, 1.82) is 0 Å². The van der Waals surface area contributed by atoms with Crippen LogP contribution >= 0.6 is 0 Å². The van der Waals surface area contributed by atoms with Gasteiger partial charge in [-0.3, -0.25) is 0 Å². The highest BCUT2D eigenvalue weighted by atomic mass is 16.3. The fourth-order valence-corrected chi connectivity index (χ4v) is 2.29. The second-order valence-corrected chi connectivity index (χ2v) is 5.37. The molecule has 0 saturated carbocycles. The number of nitrogens with two attached hydrogens (primary N) is 1. The molecule has 0 fully saturated rings. The SMILES string of the molecule is NC(=NCc1coc(-c2ccccc2)n1)NCCc1ccccc1. The number of hydrogen-bond donors (Lipinski definition) is 2. The quantitative estimate of drug-likeness (QED) is 0.541. The van der Waals surface area contributed by atoms with Crippen LogP contribution in [-0.4, -0.2) is 17.5 Å². The van der Waals surface area contributed by atoms with Gasteiger partial charge in [0, 0.05) is 12.1 Å². The van der Waals surface area contributed by atoms with Crippen LogP contribution in [0.25, 0.3) is 11.5 Å². The number of oxazole rings is 1. The van der Waals surface area contributed by atoms with Gasteiger partial charge in [-0.05, 0) is 24.1 Å². The van der Waals surface area contributed by atoms with E-state index in [1.54, 1.807) is 6.26 Å². The van der Waals surface area contributed by atoms with Crippen LogP contribution in [0.4, 0.5) is 0 Å². The first-order valence-electron chi connectivity index (χ1n) is 7.89. The monoisotopic (exact) mass is 320 g/mol. The fraction of sp³-hybridized carbons (Fsp3) is 0.158. The molecule has 2 aromatic carbocycles. The lowest BCUT2D eigenvalue weighted by Crippen LogP contribution is -2.33. The molecular weight excluding hydrogens is 300 g/mol. The van der Waals surface area contributed by atoms with E-state index in [1.165, 1.54) is 5.56 Å². The first-order chi connectivity index (χ1) is 11.8. The molecule has 3 aromatic rings. The summed E-state index contributed by atoms with van der Waals surface area (Å²) in [6.07, 6.45) is 2.52. The Bertz CT molecular complexity index is 781. The van der Waals surface area contributed by atoms with Crippen molar-refractivity contribution in [2.24, 2.45) is 10.7 Å². The summed E-state index contributed by atoms with van der Waals surface area (Å²) in [4.78, 5) is 8.72. The third kappa shape index (κ3) is 4.46. The number of rotatable bonds is 6. The summed E-state index contributed by atoms with van der Waals surface area (Å²) in [6, 6.07) is 20.0. The van der Waals surface area contributed by atoms with Gasteiger partial charge >= 0.3 is 0 Å². The maximum atomic E-state index is 5.88. The van der Waals surface area contributed by atoms with Crippen LogP contribution in [0.3, 0.4) is 0 Å². The molecule has 1 heterocycles. The summed E-state index contributed by atoms with van der Waals surface area (Å²) in [7, 11) is 0. The predicted molar refractivity (Wildman–Crippen MR) is 95.4 cm³/mol. The number of nitrogens with zero attached hydrogens (tertiary/aromatic N) is 2. The van der Waals surface area contributed by atoms with Crippen LogP contribution < -0.4 is 11.1 Å². The Morgan fingerprint density at radius 2 is 1.75 bits per heavy atom. The minimum absolute atomic E-state index is 0.389. The Labute approximate surface area is 141 Å². The van der Waals surface area contributed by atoms with E-state index < -0.39 is 0 Å². The summed E-state index contributed by atoms with van der Waals surface area (Å²) in [5, 5.41) is 3.11. The van der Waals surface area contributed by atoms with E-state index in [-0.39, 0.29) is 0 Å². The van der Waals surface area contributed by atoms with Crippen molar-refractivity contribution < 1.29 is 4.42 Å². The largest absolute Gasteiger partial charge is 0.444 e. The Hall–Kier alpha value is -3.08. The van der Waals surface area contributed by atoms with Crippen molar-refractivity contribution in [2.45, 2.75) is 13.0 Å². The van der Waals surface area contributed by atoms with Crippen molar-refractivity contribution >= 4 is 5.96 Å². The summed E-state index contributed by atoms with van der Waals surface area (Å²) in [6.45, 7) is 1.13. The number of hydrogen-bond acceptors (Lipinski definition) is 3. The van der Waals surface area contributed by atoms with Gasteiger partial charge in [0.1, 0.15) is 12.0 Å². The van der Waals surface area contributed by atoms with Gasteiger partial charge in [-0.15, -0.1) is 0 Å².